The van der Waals surface area contributed by atoms with E-state index in [1.54, 1.807) is 12.1 Å². The highest BCUT2D eigenvalue weighted by Crippen LogP contribution is 2.39. The molecule has 24 heavy (non-hydrogen) atoms. The molecule has 1 N–H and O–H groups in total. The van der Waals surface area contributed by atoms with Gasteiger partial charge in [-0.2, -0.15) is 0 Å². The Balaban J connectivity index is 0.00000144. The quantitative estimate of drug-likeness (QED) is 0.849. The Morgan fingerprint density at radius 2 is 1.79 bits per heavy atom. The molecule has 138 valence electrons. The number of ether oxygens (including phenoxy) is 1. The van der Waals surface area contributed by atoms with Gasteiger partial charge in [0.05, 0.1) is 7.11 Å². The first-order valence-electron chi connectivity index (χ1n) is 8.58. The van der Waals surface area contributed by atoms with Crippen molar-refractivity contribution < 1.29 is 9.13 Å². The molecule has 0 radical (unpaired) electrons. The molecule has 1 aromatic rings. The number of hydrogen-bond donors (Lipinski definition) is 1. The molecule has 1 saturated carbocycles. The lowest BCUT2D eigenvalue weighted by molar-refractivity contribution is 0.103. The van der Waals surface area contributed by atoms with Crippen molar-refractivity contribution in [2.24, 2.45) is 5.92 Å². The highest BCUT2D eigenvalue weighted by Gasteiger charge is 2.31. The monoisotopic (exact) mass is 378 g/mol. The van der Waals surface area contributed by atoms with E-state index in [0.717, 1.165) is 31.7 Å². The van der Waals surface area contributed by atoms with E-state index in [1.165, 1.54) is 39.2 Å². The molecule has 0 spiro atoms. The largest absolute Gasteiger partial charge is 0.494 e. The SMILES string of the molecule is COc1ccc([C@H](C2CCCCC2)N2CCNCC2)cc1F.Cl.Cl. The zero-order valence-corrected chi connectivity index (χ0v) is 15.9. The summed E-state index contributed by atoms with van der Waals surface area (Å²) < 4.78 is 19.3. The Hall–Kier alpha value is -0.550. The summed E-state index contributed by atoms with van der Waals surface area (Å²) in [6.07, 6.45) is 6.50. The molecule has 1 saturated heterocycles. The highest BCUT2D eigenvalue weighted by atomic mass is 35.5. The standard InChI is InChI=1S/C18H27FN2O.2ClH/c1-22-17-8-7-15(13-16(17)19)18(14-5-3-2-4-6-14)21-11-9-20-10-12-21;;/h7-8,13-14,18,20H,2-6,9-12H2,1H3;2*1H/t18-;;/m0../s1. The summed E-state index contributed by atoms with van der Waals surface area (Å²) >= 11 is 0. The van der Waals surface area contributed by atoms with Crippen molar-refractivity contribution in [2.45, 2.75) is 38.1 Å². The normalized spacial score (nSPS) is 20.6. The number of benzene rings is 1. The van der Waals surface area contributed by atoms with Crippen LogP contribution in [-0.4, -0.2) is 38.2 Å². The van der Waals surface area contributed by atoms with Crippen molar-refractivity contribution in [1.82, 2.24) is 10.2 Å². The van der Waals surface area contributed by atoms with Gasteiger partial charge in [-0.15, -0.1) is 24.8 Å². The van der Waals surface area contributed by atoms with Crippen molar-refractivity contribution in [3.8, 4) is 5.75 Å². The van der Waals surface area contributed by atoms with Gasteiger partial charge in [0.2, 0.25) is 0 Å². The first kappa shape index (κ1) is 21.5. The van der Waals surface area contributed by atoms with Gasteiger partial charge in [0.1, 0.15) is 0 Å². The predicted octanol–water partition coefficient (Wildman–Crippen LogP) is 4.20. The van der Waals surface area contributed by atoms with Crippen LogP contribution < -0.4 is 10.1 Å². The van der Waals surface area contributed by atoms with Crippen LogP contribution in [0.4, 0.5) is 4.39 Å². The minimum atomic E-state index is -0.240. The number of nitrogens with one attached hydrogen (secondary N) is 1. The molecular formula is C18H29Cl2FN2O. The summed E-state index contributed by atoms with van der Waals surface area (Å²) in [7, 11) is 1.52. The smallest absolute Gasteiger partial charge is 0.165 e. The molecule has 3 rings (SSSR count). The molecule has 1 heterocycles. The molecular weight excluding hydrogens is 350 g/mol. The van der Waals surface area contributed by atoms with Gasteiger partial charge < -0.3 is 10.1 Å². The molecule has 1 aliphatic carbocycles. The van der Waals surface area contributed by atoms with E-state index in [9.17, 15) is 4.39 Å². The zero-order valence-electron chi connectivity index (χ0n) is 14.3. The fraction of sp³-hybridized carbons (Fsp3) is 0.667. The van der Waals surface area contributed by atoms with Crippen LogP contribution in [-0.2, 0) is 0 Å². The topological polar surface area (TPSA) is 24.5 Å². The number of hydrogen-bond acceptors (Lipinski definition) is 3. The van der Waals surface area contributed by atoms with E-state index in [4.69, 9.17) is 4.74 Å². The molecule has 6 heteroatoms. The first-order chi connectivity index (χ1) is 10.8. The van der Waals surface area contributed by atoms with E-state index < -0.39 is 0 Å². The first-order valence-corrected chi connectivity index (χ1v) is 8.58. The van der Waals surface area contributed by atoms with Crippen molar-refractivity contribution in [2.75, 3.05) is 33.3 Å². The number of halogens is 3. The third-order valence-corrected chi connectivity index (χ3v) is 5.16. The van der Waals surface area contributed by atoms with Crippen LogP contribution in [0.25, 0.3) is 0 Å². The van der Waals surface area contributed by atoms with Crippen molar-refractivity contribution >= 4 is 24.8 Å². The number of methoxy groups -OCH3 is 1. The molecule has 0 unspecified atom stereocenters. The summed E-state index contributed by atoms with van der Waals surface area (Å²) in [5.74, 6) is 0.752. The van der Waals surface area contributed by atoms with Crippen LogP contribution in [0.2, 0.25) is 0 Å². The summed E-state index contributed by atoms with van der Waals surface area (Å²) in [6, 6.07) is 5.88. The van der Waals surface area contributed by atoms with Crippen LogP contribution in [0.1, 0.15) is 43.7 Å². The van der Waals surface area contributed by atoms with Gasteiger partial charge in [-0.1, -0.05) is 25.3 Å². The number of rotatable bonds is 4. The summed E-state index contributed by atoms with van der Waals surface area (Å²) in [6.45, 7) is 4.16. The van der Waals surface area contributed by atoms with E-state index >= 15 is 0 Å². The van der Waals surface area contributed by atoms with Crippen LogP contribution in [0, 0.1) is 11.7 Å². The summed E-state index contributed by atoms with van der Waals surface area (Å²) in [5.41, 5.74) is 1.12. The third-order valence-electron chi connectivity index (χ3n) is 5.16. The van der Waals surface area contributed by atoms with E-state index in [2.05, 4.69) is 16.3 Å². The molecule has 2 aliphatic rings. The maximum Gasteiger partial charge on any atom is 0.165 e. The van der Waals surface area contributed by atoms with Gasteiger partial charge in [0.15, 0.2) is 11.6 Å². The Kier molecular flexibility index (Phi) is 9.35. The van der Waals surface area contributed by atoms with Crippen LogP contribution in [0.3, 0.4) is 0 Å². The Bertz CT molecular complexity index is 474. The second-order valence-corrected chi connectivity index (χ2v) is 6.52. The van der Waals surface area contributed by atoms with Crippen molar-refractivity contribution in [3.05, 3.63) is 29.6 Å². The average molecular weight is 379 g/mol. The lowest BCUT2D eigenvalue weighted by atomic mass is 9.80. The fourth-order valence-electron chi connectivity index (χ4n) is 4.06. The van der Waals surface area contributed by atoms with E-state index in [1.807, 2.05) is 0 Å². The molecule has 0 aromatic heterocycles. The van der Waals surface area contributed by atoms with E-state index in [0.29, 0.717) is 17.7 Å². The van der Waals surface area contributed by atoms with Crippen molar-refractivity contribution in [1.29, 1.82) is 0 Å². The fourth-order valence-corrected chi connectivity index (χ4v) is 4.06. The van der Waals surface area contributed by atoms with Gasteiger partial charge in [-0.05, 0) is 36.5 Å². The summed E-state index contributed by atoms with van der Waals surface area (Å²) in [4.78, 5) is 2.55. The molecule has 1 atom stereocenters. The zero-order chi connectivity index (χ0) is 15.4. The Morgan fingerprint density at radius 3 is 2.38 bits per heavy atom. The maximum atomic E-state index is 14.2. The Morgan fingerprint density at radius 1 is 1.12 bits per heavy atom. The number of nitrogens with zero attached hydrogens (tertiary/aromatic N) is 1. The second kappa shape index (κ2) is 10.4. The molecule has 1 aliphatic heterocycles. The predicted molar refractivity (Wildman–Crippen MR) is 101 cm³/mol. The Labute approximate surface area is 157 Å². The molecule has 2 fully saturated rings. The second-order valence-electron chi connectivity index (χ2n) is 6.52. The minimum absolute atomic E-state index is 0. The third kappa shape index (κ3) is 4.98. The highest BCUT2D eigenvalue weighted by molar-refractivity contribution is 5.85. The van der Waals surface area contributed by atoms with Gasteiger partial charge in [-0.3, -0.25) is 4.90 Å². The lowest BCUT2D eigenvalue weighted by Gasteiger charge is -2.41. The number of piperazine rings is 1. The van der Waals surface area contributed by atoms with Gasteiger partial charge in [0.25, 0.3) is 0 Å². The summed E-state index contributed by atoms with van der Waals surface area (Å²) in [5, 5.41) is 3.42. The molecule has 3 nitrogen and oxygen atoms in total. The van der Waals surface area contributed by atoms with E-state index in [-0.39, 0.29) is 30.6 Å². The van der Waals surface area contributed by atoms with Crippen molar-refractivity contribution in [3.63, 3.8) is 0 Å². The molecule has 0 bridgehead atoms. The lowest BCUT2D eigenvalue weighted by Crippen LogP contribution is -2.47. The van der Waals surface area contributed by atoms with Crippen LogP contribution in [0.5, 0.6) is 5.75 Å². The molecule has 1 aromatic carbocycles. The van der Waals surface area contributed by atoms with Gasteiger partial charge >= 0.3 is 0 Å². The minimum Gasteiger partial charge on any atom is -0.494 e. The van der Waals surface area contributed by atoms with Crippen LogP contribution >= 0.6 is 24.8 Å². The van der Waals surface area contributed by atoms with Gasteiger partial charge in [0, 0.05) is 32.2 Å². The maximum absolute atomic E-state index is 14.2. The van der Waals surface area contributed by atoms with Crippen LogP contribution in [0.15, 0.2) is 18.2 Å². The van der Waals surface area contributed by atoms with Gasteiger partial charge in [-0.25, -0.2) is 4.39 Å². The molecule has 0 amide bonds. The average Bonchev–Trinajstić information content (AvgIpc) is 2.57.